The van der Waals surface area contributed by atoms with Crippen LogP contribution in [-0.2, 0) is 15.8 Å². The number of benzene rings is 3. The Morgan fingerprint density at radius 1 is 1.00 bits per heavy atom. The van der Waals surface area contributed by atoms with Crippen molar-refractivity contribution in [3.63, 3.8) is 0 Å². The van der Waals surface area contributed by atoms with E-state index in [1.165, 1.54) is 12.1 Å². The Hall–Kier alpha value is -4.12. The van der Waals surface area contributed by atoms with Crippen molar-refractivity contribution in [3.05, 3.63) is 88.8 Å². The van der Waals surface area contributed by atoms with Crippen molar-refractivity contribution in [2.24, 2.45) is 0 Å². The highest BCUT2D eigenvalue weighted by Gasteiger charge is 2.38. The van der Waals surface area contributed by atoms with Crippen LogP contribution in [0.2, 0.25) is 0 Å². The molecule has 0 aliphatic carbocycles. The third-order valence-corrected chi connectivity index (χ3v) is 5.44. The molecule has 0 spiro atoms. The van der Waals surface area contributed by atoms with Crippen LogP contribution in [0, 0.1) is 11.3 Å². The van der Waals surface area contributed by atoms with Gasteiger partial charge < -0.3 is 4.74 Å². The smallest absolute Gasteiger partial charge is 0.416 e. The predicted molar refractivity (Wildman–Crippen MR) is 114 cm³/mol. The highest BCUT2D eigenvalue weighted by Crippen LogP contribution is 2.47. The Morgan fingerprint density at radius 2 is 1.70 bits per heavy atom. The molecular formula is C25H17F3N2O3. The fourth-order valence-electron chi connectivity index (χ4n) is 4.06. The molecule has 0 aromatic heterocycles. The molecule has 0 N–H and O–H groups in total. The van der Waals surface area contributed by atoms with E-state index in [2.05, 4.69) is 0 Å². The van der Waals surface area contributed by atoms with E-state index < -0.39 is 29.5 Å². The van der Waals surface area contributed by atoms with Gasteiger partial charge in [0.15, 0.2) is 0 Å². The molecule has 1 heterocycles. The monoisotopic (exact) mass is 450 g/mol. The fraction of sp³-hybridized carbons (Fsp3) is 0.160. The largest absolute Gasteiger partial charge is 0.438 e. The van der Waals surface area contributed by atoms with Crippen molar-refractivity contribution in [2.45, 2.75) is 25.9 Å². The fourth-order valence-corrected chi connectivity index (χ4v) is 4.06. The second kappa shape index (κ2) is 8.10. The standard InChI is InChI=1S/C25H17F3N2O3/c1-14(31)30(15(2)32)24-21(13-29)22(17-7-5-8-18(12-17)25(26,27)28)20-11-10-16-6-3-4-9-19(16)23(20)33-24/h3-12,22H,1-2H3. The van der Waals surface area contributed by atoms with Crippen LogP contribution in [0.15, 0.2) is 72.1 Å². The molecule has 2 amide bonds. The Bertz CT molecular complexity index is 1360. The highest BCUT2D eigenvalue weighted by atomic mass is 19.4. The third-order valence-electron chi connectivity index (χ3n) is 5.44. The van der Waals surface area contributed by atoms with Crippen LogP contribution in [0.1, 0.15) is 36.5 Å². The summed E-state index contributed by atoms with van der Waals surface area (Å²) in [6.45, 7) is 2.29. The molecule has 1 aliphatic rings. The van der Waals surface area contributed by atoms with Gasteiger partial charge in [0.25, 0.3) is 0 Å². The molecule has 0 bridgehead atoms. The molecule has 3 aromatic rings. The van der Waals surface area contributed by atoms with Gasteiger partial charge in [0.1, 0.15) is 17.4 Å². The lowest BCUT2D eigenvalue weighted by Gasteiger charge is -2.32. The van der Waals surface area contributed by atoms with E-state index in [0.29, 0.717) is 10.9 Å². The van der Waals surface area contributed by atoms with E-state index in [0.717, 1.165) is 36.3 Å². The average Bonchev–Trinajstić information content (AvgIpc) is 2.77. The van der Waals surface area contributed by atoms with Gasteiger partial charge in [-0.15, -0.1) is 0 Å². The first-order valence-electron chi connectivity index (χ1n) is 9.95. The summed E-state index contributed by atoms with van der Waals surface area (Å²) in [5, 5.41) is 11.4. The summed E-state index contributed by atoms with van der Waals surface area (Å²) < 4.78 is 46.3. The van der Waals surface area contributed by atoms with Crippen molar-refractivity contribution in [2.75, 3.05) is 0 Å². The number of halogens is 3. The summed E-state index contributed by atoms with van der Waals surface area (Å²) in [6, 6.07) is 17.3. The summed E-state index contributed by atoms with van der Waals surface area (Å²) in [6.07, 6.45) is -4.59. The highest BCUT2D eigenvalue weighted by molar-refractivity contribution is 5.96. The Labute approximate surface area is 187 Å². The van der Waals surface area contributed by atoms with E-state index in [1.54, 1.807) is 24.3 Å². The molecule has 8 heteroatoms. The molecule has 0 fully saturated rings. The third kappa shape index (κ3) is 3.82. The molecule has 3 aromatic carbocycles. The minimum absolute atomic E-state index is 0.137. The van der Waals surface area contributed by atoms with Gasteiger partial charge in [-0.1, -0.05) is 54.6 Å². The number of nitriles is 1. The molecule has 1 aliphatic heterocycles. The quantitative estimate of drug-likeness (QED) is 0.516. The molecule has 166 valence electrons. The first kappa shape index (κ1) is 22.1. The van der Waals surface area contributed by atoms with Crippen LogP contribution in [0.25, 0.3) is 10.8 Å². The lowest BCUT2D eigenvalue weighted by atomic mass is 9.82. The summed E-state index contributed by atoms with van der Waals surface area (Å²) in [7, 11) is 0. The number of amides is 2. The van der Waals surface area contributed by atoms with Crippen LogP contribution in [-0.4, -0.2) is 16.7 Å². The summed E-state index contributed by atoms with van der Waals surface area (Å²) >= 11 is 0. The number of alkyl halides is 3. The van der Waals surface area contributed by atoms with Gasteiger partial charge in [0.2, 0.25) is 17.7 Å². The van der Waals surface area contributed by atoms with E-state index >= 15 is 0 Å². The zero-order chi connectivity index (χ0) is 23.9. The molecular weight excluding hydrogens is 433 g/mol. The van der Waals surface area contributed by atoms with Gasteiger partial charge in [0.05, 0.1) is 11.5 Å². The second-order valence-electron chi connectivity index (χ2n) is 7.57. The maximum absolute atomic E-state index is 13.4. The topological polar surface area (TPSA) is 70.4 Å². The maximum Gasteiger partial charge on any atom is 0.416 e. The molecule has 4 rings (SSSR count). The lowest BCUT2D eigenvalue weighted by molar-refractivity contribution is -0.141. The number of hydrogen-bond donors (Lipinski definition) is 0. The van der Waals surface area contributed by atoms with Crippen molar-refractivity contribution in [3.8, 4) is 11.8 Å². The first-order chi connectivity index (χ1) is 15.6. The number of carbonyl (C=O) groups is 2. The number of hydrogen-bond acceptors (Lipinski definition) is 4. The van der Waals surface area contributed by atoms with Crippen LogP contribution < -0.4 is 4.74 Å². The van der Waals surface area contributed by atoms with Crippen molar-refractivity contribution < 1.29 is 27.5 Å². The molecule has 0 saturated carbocycles. The van der Waals surface area contributed by atoms with E-state index in [1.807, 2.05) is 18.2 Å². The van der Waals surface area contributed by atoms with Crippen LogP contribution in [0.3, 0.4) is 0 Å². The minimum atomic E-state index is -4.59. The Morgan fingerprint density at radius 3 is 2.33 bits per heavy atom. The number of fused-ring (bicyclic) bond motifs is 3. The van der Waals surface area contributed by atoms with E-state index in [4.69, 9.17) is 4.74 Å². The van der Waals surface area contributed by atoms with Crippen molar-refractivity contribution >= 4 is 22.6 Å². The van der Waals surface area contributed by atoms with Crippen molar-refractivity contribution in [1.82, 2.24) is 4.90 Å². The van der Waals surface area contributed by atoms with Gasteiger partial charge in [-0.25, -0.2) is 4.90 Å². The molecule has 1 atom stereocenters. The number of rotatable bonds is 2. The minimum Gasteiger partial charge on any atom is -0.438 e. The van der Waals surface area contributed by atoms with Crippen LogP contribution in [0.4, 0.5) is 13.2 Å². The molecule has 0 radical (unpaired) electrons. The average molecular weight is 450 g/mol. The zero-order valence-electron chi connectivity index (χ0n) is 17.6. The Kier molecular flexibility index (Phi) is 5.42. The number of allylic oxidation sites excluding steroid dienone is 1. The van der Waals surface area contributed by atoms with Gasteiger partial charge >= 0.3 is 6.18 Å². The Balaban J connectivity index is 2.06. The first-order valence-corrected chi connectivity index (χ1v) is 9.95. The number of carbonyl (C=O) groups excluding carboxylic acids is 2. The van der Waals surface area contributed by atoms with Gasteiger partial charge in [-0.3, -0.25) is 9.59 Å². The van der Waals surface area contributed by atoms with Crippen LogP contribution in [0.5, 0.6) is 5.75 Å². The van der Waals surface area contributed by atoms with E-state index in [9.17, 15) is 28.0 Å². The summed E-state index contributed by atoms with van der Waals surface area (Å²) in [4.78, 5) is 25.3. The molecule has 33 heavy (non-hydrogen) atoms. The van der Waals surface area contributed by atoms with Crippen molar-refractivity contribution in [1.29, 1.82) is 5.26 Å². The number of imide groups is 1. The summed E-state index contributed by atoms with van der Waals surface area (Å²) in [5.74, 6) is -2.38. The lowest BCUT2D eigenvalue weighted by Crippen LogP contribution is -2.37. The second-order valence-corrected chi connectivity index (χ2v) is 7.57. The summed E-state index contributed by atoms with van der Waals surface area (Å²) in [5.41, 5.74) is -0.365. The predicted octanol–water partition coefficient (Wildman–Crippen LogP) is 5.51. The van der Waals surface area contributed by atoms with Gasteiger partial charge in [-0.05, 0) is 17.0 Å². The zero-order valence-corrected chi connectivity index (χ0v) is 17.6. The van der Waals surface area contributed by atoms with Gasteiger partial charge in [0, 0.05) is 24.8 Å². The molecule has 1 unspecified atom stereocenters. The van der Waals surface area contributed by atoms with Crippen LogP contribution >= 0.6 is 0 Å². The number of ether oxygens (including phenoxy) is 1. The normalized spacial score (nSPS) is 15.5. The molecule has 5 nitrogen and oxygen atoms in total. The van der Waals surface area contributed by atoms with Gasteiger partial charge in [-0.2, -0.15) is 18.4 Å². The number of nitrogens with zero attached hydrogens (tertiary/aromatic N) is 2. The SMILES string of the molecule is CC(=O)N(C(C)=O)C1=C(C#N)C(c2cccc(C(F)(F)F)c2)c2ccc3ccccc3c2O1. The maximum atomic E-state index is 13.4. The van der Waals surface area contributed by atoms with E-state index in [-0.39, 0.29) is 22.8 Å². The molecule has 0 saturated heterocycles.